The molecule has 0 aromatic heterocycles. The van der Waals surface area contributed by atoms with Crippen LogP contribution in [0.2, 0.25) is 0 Å². The van der Waals surface area contributed by atoms with Crippen LogP contribution in [0.25, 0.3) is 0 Å². The Morgan fingerprint density at radius 2 is 2.17 bits per heavy atom. The standard InChI is InChI=1S/C13H16N2O3/c16-11(17)6-8-15-13(18)12-10-4-2-1-3-9(10)5-7-14-12/h1-4,12,14H,5-8H2,(H,15,18)(H,16,17). The average Bonchev–Trinajstić information content (AvgIpc) is 2.37. The van der Waals surface area contributed by atoms with E-state index < -0.39 is 5.97 Å². The maximum Gasteiger partial charge on any atom is 0.305 e. The van der Waals surface area contributed by atoms with Gasteiger partial charge in [-0.15, -0.1) is 0 Å². The highest BCUT2D eigenvalue weighted by molar-refractivity contribution is 5.84. The molecular weight excluding hydrogens is 232 g/mol. The van der Waals surface area contributed by atoms with Crippen LogP contribution in [0.5, 0.6) is 0 Å². The molecule has 2 rings (SSSR count). The van der Waals surface area contributed by atoms with Crippen molar-refractivity contribution in [1.82, 2.24) is 10.6 Å². The molecule has 1 aromatic rings. The minimum absolute atomic E-state index is 0.0554. The van der Waals surface area contributed by atoms with Gasteiger partial charge in [-0.2, -0.15) is 0 Å². The van der Waals surface area contributed by atoms with E-state index in [9.17, 15) is 9.59 Å². The van der Waals surface area contributed by atoms with Crippen molar-refractivity contribution in [1.29, 1.82) is 0 Å². The monoisotopic (exact) mass is 248 g/mol. The summed E-state index contributed by atoms with van der Waals surface area (Å²) in [6, 6.07) is 7.45. The second-order valence-electron chi connectivity index (χ2n) is 4.27. The van der Waals surface area contributed by atoms with Crippen LogP contribution in [0.1, 0.15) is 23.6 Å². The van der Waals surface area contributed by atoms with Gasteiger partial charge < -0.3 is 15.7 Å². The van der Waals surface area contributed by atoms with E-state index >= 15 is 0 Å². The molecule has 0 aliphatic carbocycles. The number of carboxylic acid groups (broad SMARTS) is 1. The summed E-state index contributed by atoms with van der Waals surface area (Å²) in [5.74, 6) is -1.07. The number of nitrogens with one attached hydrogen (secondary N) is 2. The lowest BCUT2D eigenvalue weighted by Crippen LogP contribution is -2.41. The fourth-order valence-electron chi connectivity index (χ4n) is 2.13. The molecule has 1 heterocycles. The Hall–Kier alpha value is -1.88. The van der Waals surface area contributed by atoms with Crippen molar-refractivity contribution < 1.29 is 14.7 Å². The smallest absolute Gasteiger partial charge is 0.305 e. The van der Waals surface area contributed by atoms with Gasteiger partial charge in [-0.05, 0) is 17.5 Å². The van der Waals surface area contributed by atoms with Crippen molar-refractivity contribution in [2.45, 2.75) is 18.9 Å². The highest BCUT2D eigenvalue weighted by Gasteiger charge is 2.25. The summed E-state index contributed by atoms with van der Waals surface area (Å²) in [6.07, 6.45) is 0.856. The summed E-state index contributed by atoms with van der Waals surface area (Å²) in [5, 5.41) is 14.3. The zero-order valence-corrected chi connectivity index (χ0v) is 9.98. The number of hydrogen-bond donors (Lipinski definition) is 3. The lowest BCUT2D eigenvalue weighted by molar-refractivity contribution is -0.137. The Morgan fingerprint density at radius 1 is 1.39 bits per heavy atom. The molecule has 96 valence electrons. The van der Waals surface area contributed by atoms with Crippen molar-refractivity contribution in [2.75, 3.05) is 13.1 Å². The van der Waals surface area contributed by atoms with Gasteiger partial charge in [0.25, 0.3) is 0 Å². The molecule has 18 heavy (non-hydrogen) atoms. The predicted octanol–water partition coefficient (Wildman–Crippen LogP) is 0.464. The highest BCUT2D eigenvalue weighted by atomic mass is 16.4. The molecular formula is C13H16N2O3. The number of carboxylic acids is 1. The van der Waals surface area contributed by atoms with Crippen LogP contribution in [0.15, 0.2) is 24.3 Å². The maximum absolute atomic E-state index is 12.0. The van der Waals surface area contributed by atoms with Crippen LogP contribution in [0.4, 0.5) is 0 Å². The largest absolute Gasteiger partial charge is 0.481 e. The van der Waals surface area contributed by atoms with E-state index in [1.165, 1.54) is 5.56 Å². The SMILES string of the molecule is O=C(O)CCNC(=O)C1NCCc2ccccc21. The van der Waals surface area contributed by atoms with Crippen molar-refractivity contribution in [3.63, 3.8) is 0 Å². The molecule has 1 unspecified atom stereocenters. The predicted molar refractivity (Wildman–Crippen MR) is 66.2 cm³/mol. The fraction of sp³-hybridized carbons (Fsp3) is 0.385. The Labute approximate surface area is 105 Å². The first-order chi connectivity index (χ1) is 8.68. The van der Waals surface area contributed by atoms with E-state index in [0.29, 0.717) is 0 Å². The number of aliphatic carboxylic acids is 1. The third kappa shape index (κ3) is 2.87. The highest BCUT2D eigenvalue weighted by Crippen LogP contribution is 2.22. The molecule has 3 N–H and O–H groups in total. The van der Waals surface area contributed by atoms with E-state index in [-0.39, 0.29) is 24.9 Å². The molecule has 1 aliphatic heterocycles. The van der Waals surface area contributed by atoms with Gasteiger partial charge in [0.1, 0.15) is 6.04 Å². The summed E-state index contributed by atoms with van der Waals surface area (Å²) < 4.78 is 0. The Kier molecular flexibility index (Phi) is 3.94. The quantitative estimate of drug-likeness (QED) is 0.723. The molecule has 5 heteroatoms. The fourth-order valence-corrected chi connectivity index (χ4v) is 2.13. The Balaban J connectivity index is 2.01. The average molecular weight is 248 g/mol. The molecule has 0 fully saturated rings. The molecule has 0 radical (unpaired) electrons. The third-order valence-corrected chi connectivity index (χ3v) is 3.01. The van der Waals surface area contributed by atoms with Gasteiger partial charge in [0.15, 0.2) is 0 Å². The van der Waals surface area contributed by atoms with Gasteiger partial charge in [-0.3, -0.25) is 9.59 Å². The summed E-state index contributed by atoms with van der Waals surface area (Å²) in [5.41, 5.74) is 2.16. The van der Waals surface area contributed by atoms with Crippen molar-refractivity contribution >= 4 is 11.9 Å². The van der Waals surface area contributed by atoms with Crippen molar-refractivity contribution in [2.24, 2.45) is 0 Å². The molecule has 1 atom stereocenters. The first-order valence-corrected chi connectivity index (χ1v) is 5.99. The lowest BCUT2D eigenvalue weighted by Gasteiger charge is -2.25. The van der Waals surface area contributed by atoms with Crippen LogP contribution in [0, 0.1) is 0 Å². The van der Waals surface area contributed by atoms with Crippen LogP contribution in [-0.2, 0) is 16.0 Å². The summed E-state index contributed by atoms with van der Waals surface area (Å²) in [4.78, 5) is 22.4. The molecule has 0 bridgehead atoms. The van der Waals surface area contributed by atoms with Crippen LogP contribution >= 0.6 is 0 Å². The Morgan fingerprint density at radius 3 is 2.94 bits per heavy atom. The minimum atomic E-state index is -0.910. The molecule has 0 saturated carbocycles. The van der Waals surface area contributed by atoms with E-state index in [1.54, 1.807) is 0 Å². The minimum Gasteiger partial charge on any atom is -0.481 e. The van der Waals surface area contributed by atoms with E-state index in [0.717, 1.165) is 18.5 Å². The van der Waals surface area contributed by atoms with Gasteiger partial charge in [-0.1, -0.05) is 24.3 Å². The number of amides is 1. The number of benzene rings is 1. The zero-order chi connectivity index (χ0) is 13.0. The Bertz CT molecular complexity index is 459. The second-order valence-corrected chi connectivity index (χ2v) is 4.27. The van der Waals surface area contributed by atoms with Gasteiger partial charge in [-0.25, -0.2) is 0 Å². The van der Waals surface area contributed by atoms with E-state index in [4.69, 9.17) is 5.11 Å². The summed E-state index contributed by atoms with van der Waals surface area (Å²) in [7, 11) is 0. The second kappa shape index (κ2) is 5.64. The molecule has 5 nitrogen and oxygen atoms in total. The molecule has 0 spiro atoms. The number of carbonyl (C=O) groups excluding carboxylic acids is 1. The van der Waals surface area contributed by atoms with Crippen LogP contribution in [-0.4, -0.2) is 30.1 Å². The molecule has 1 aromatic carbocycles. The van der Waals surface area contributed by atoms with Crippen molar-refractivity contribution in [3.8, 4) is 0 Å². The molecule has 1 aliphatic rings. The first-order valence-electron chi connectivity index (χ1n) is 5.99. The number of fused-ring (bicyclic) bond motifs is 1. The summed E-state index contributed by atoms with van der Waals surface area (Å²) >= 11 is 0. The van der Waals surface area contributed by atoms with Gasteiger partial charge in [0.05, 0.1) is 6.42 Å². The topological polar surface area (TPSA) is 78.4 Å². The summed E-state index contributed by atoms with van der Waals surface area (Å²) in [6.45, 7) is 0.919. The number of hydrogen-bond acceptors (Lipinski definition) is 3. The maximum atomic E-state index is 12.0. The third-order valence-electron chi connectivity index (χ3n) is 3.01. The van der Waals surface area contributed by atoms with Crippen molar-refractivity contribution in [3.05, 3.63) is 35.4 Å². The number of rotatable bonds is 4. The normalized spacial score (nSPS) is 17.9. The molecule has 0 saturated heterocycles. The van der Waals surface area contributed by atoms with Gasteiger partial charge >= 0.3 is 5.97 Å². The van der Waals surface area contributed by atoms with Crippen LogP contribution in [0.3, 0.4) is 0 Å². The van der Waals surface area contributed by atoms with Gasteiger partial charge in [0.2, 0.25) is 5.91 Å². The molecule has 1 amide bonds. The van der Waals surface area contributed by atoms with Crippen LogP contribution < -0.4 is 10.6 Å². The van der Waals surface area contributed by atoms with E-state index in [1.807, 2.05) is 24.3 Å². The number of carbonyl (C=O) groups is 2. The van der Waals surface area contributed by atoms with Gasteiger partial charge in [0, 0.05) is 13.1 Å². The zero-order valence-electron chi connectivity index (χ0n) is 9.98. The first kappa shape index (κ1) is 12.6. The lowest BCUT2D eigenvalue weighted by atomic mass is 9.94. The van der Waals surface area contributed by atoms with E-state index in [2.05, 4.69) is 10.6 Å².